The summed E-state index contributed by atoms with van der Waals surface area (Å²) in [6.45, 7) is -1.36. The second-order valence-electron chi connectivity index (χ2n) is 10.8. The highest BCUT2D eigenvalue weighted by atomic mass is 16.7. The SMILES string of the molecule is COC(=O)CCCCCCCCO[C@@H]1OC(CO)[C@H](OC2OC(CO)[C@@H](O)C(O)C2O)C(O)C1NC(=O)c1cc(=O)[nH]c(=O)[nH]1. The number of aliphatic hydroxyl groups excluding tert-OH is 6. The van der Waals surface area contributed by atoms with Gasteiger partial charge in [0.05, 0.1) is 20.3 Å². The number of ether oxygens (including phenoxy) is 5. The predicted octanol–water partition coefficient (Wildman–Crippen LogP) is -3.65. The van der Waals surface area contributed by atoms with Crippen molar-refractivity contribution in [3.05, 3.63) is 32.6 Å². The van der Waals surface area contributed by atoms with E-state index in [1.54, 1.807) is 0 Å². The normalized spacial score (nSPS) is 31.8. The lowest BCUT2D eigenvalue weighted by Gasteiger charge is -2.47. The Balaban J connectivity index is 1.69. The van der Waals surface area contributed by atoms with Crippen LogP contribution in [-0.4, -0.2) is 141 Å². The number of carbonyl (C=O) groups is 2. The van der Waals surface area contributed by atoms with Crippen molar-refractivity contribution in [3.63, 3.8) is 0 Å². The summed E-state index contributed by atoms with van der Waals surface area (Å²) < 4.78 is 27.3. The molecule has 0 bridgehead atoms. The number of aromatic nitrogens is 2. The van der Waals surface area contributed by atoms with Crippen molar-refractivity contribution >= 4 is 11.9 Å². The van der Waals surface area contributed by atoms with Gasteiger partial charge in [-0.05, 0) is 12.8 Å². The molecule has 0 saturated carbocycles. The van der Waals surface area contributed by atoms with Crippen LogP contribution in [0.5, 0.6) is 0 Å². The smallest absolute Gasteiger partial charge is 0.326 e. The molecule has 45 heavy (non-hydrogen) atoms. The van der Waals surface area contributed by atoms with Gasteiger partial charge in [-0.25, -0.2) is 4.79 Å². The van der Waals surface area contributed by atoms with E-state index in [1.165, 1.54) is 7.11 Å². The van der Waals surface area contributed by atoms with E-state index in [4.69, 9.17) is 18.9 Å². The van der Waals surface area contributed by atoms with E-state index in [0.717, 1.165) is 31.7 Å². The molecular weight excluding hydrogens is 606 g/mol. The summed E-state index contributed by atoms with van der Waals surface area (Å²) in [7, 11) is 1.34. The number of rotatable bonds is 16. The Morgan fingerprint density at radius 3 is 2.13 bits per heavy atom. The highest BCUT2D eigenvalue weighted by molar-refractivity contribution is 5.92. The molecule has 2 aliphatic heterocycles. The van der Waals surface area contributed by atoms with Gasteiger partial charge < -0.3 is 64.6 Å². The van der Waals surface area contributed by atoms with Crippen molar-refractivity contribution in [2.75, 3.05) is 26.9 Å². The van der Waals surface area contributed by atoms with Crippen LogP contribution < -0.4 is 16.6 Å². The molecular formula is C27H43N3O15. The van der Waals surface area contributed by atoms with Crippen LogP contribution in [0.4, 0.5) is 0 Å². The van der Waals surface area contributed by atoms with Gasteiger partial charge in [0.25, 0.3) is 11.5 Å². The van der Waals surface area contributed by atoms with Crippen molar-refractivity contribution in [1.29, 1.82) is 0 Å². The number of amides is 1. The minimum atomic E-state index is -1.84. The number of unbranched alkanes of at least 4 members (excludes halogenated alkanes) is 5. The summed E-state index contributed by atoms with van der Waals surface area (Å²) in [6, 6.07) is -0.594. The number of hydrogen-bond acceptors (Lipinski definition) is 15. The largest absolute Gasteiger partial charge is 0.469 e. The second-order valence-corrected chi connectivity index (χ2v) is 10.8. The predicted molar refractivity (Wildman–Crippen MR) is 150 cm³/mol. The van der Waals surface area contributed by atoms with E-state index < -0.39 is 97.4 Å². The van der Waals surface area contributed by atoms with E-state index >= 15 is 0 Å². The molecule has 0 spiro atoms. The molecule has 7 unspecified atom stereocenters. The van der Waals surface area contributed by atoms with Gasteiger partial charge >= 0.3 is 11.7 Å². The Bertz CT molecular complexity index is 1160. The lowest BCUT2D eigenvalue weighted by Crippen LogP contribution is -2.67. The number of aliphatic hydroxyl groups is 6. The zero-order chi connectivity index (χ0) is 33.1. The number of aromatic amines is 2. The molecule has 0 aliphatic carbocycles. The van der Waals surface area contributed by atoms with Gasteiger partial charge in [-0.3, -0.25) is 19.4 Å². The molecule has 0 radical (unpaired) electrons. The number of hydrogen-bond donors (Lipinski definition) is 9. The van der Waals surface area contributed by atoms with Gasteiger partial charge in [-0.1, -0.05) is 25.7 Å². The third kappa shape index (κ3) is 10.1. The summed E-state index contributed by atoms with van der Waals surface area (Å²) in [5, 5.41) is 64.0. The monoisotopic (exact) mass is 649 g/mol. The molecule has 0 aromatic carbocycles. The van der Waals surface area contributed by atoms with Crippen LogP contribution >= 0.6 is 0 Å². The lowest BCUT2D eigenvalue weighted by atomic mass is 9.95. The number of H-pyrrole nitrogens is 2. The van der Waals surface area contributed by atoms with Gasteiger partial charge in [0.2, 0.25) is 0 Å². The molecule has 2 fully saturated rings. The molecule has 9 N–H and O–H groups in total. The van der Waals surface area contributed by atoms with Gasteiger partial charge in [0.15, 0.2) is 12.6 Å². The first kappa shape index (κ1) is 36.7. The van der Waals surface area contributed by atoms with Crippen LogP contribution in [0.2, 0.25) is 0 Å². The molecule has 10 atom stereocenters. The standard InChI is InChI=1S/C27H43N3O15/c1-41-17(34)8-6-4-2-3-5-7-9-42-25-18(30-24(39)13-10-16(33)29-27(40)28-13)20(36)23(15(12-32)44-25)45-26-22(38)21(37)19(35)14(11-31)43-26/h10,14-15,18-23,25-26,31-32,35-38H,2-9,11-12H2,1H3,(H,30,39)(H2,28,29,33,40)/t14?,15?,18?,19-,20?,21?,22?,23+,25-,26?/m1/s1. The molecule has 18 heteroatoms. The van der Waals surface area contributed by atoms with Gasteiger partial charge in [-0.2, -0.15) is 0 Å². The van der Waals surface area contributed by atoms with E-state index in [0.29, 0.717) is 19.3 Å². The Kier molecular flexibility index (Phi) is 14.5. The molecule has 18 nitrogen and oxygen atoms in total. The summed E-state index contributed by atoms with van der Waals surface area (Å²) in [6.07, 6.45) is -9.27. The van der Waals surface area contributed by atoms with Gasteiger partial charge in [-0.15, -0.1) is 0 Å². The molecule has 1 aromatic heterocycles. The molecule has 3 rings (SSSR count). The van der Waals surface area contributed by atoms with E-state index in [-0.39, 0.29) is 12.6 Å². The maximum Gasteiger partial charge on any atom is 0.326 e. The average molecular weight is 650 g/mol. The van der Waals surface area contributed by atoms with Crippen molar-refractivity contribution in [1.82, 2.24) is 15.3 Å². The maximum atomic E-state index is 13.0. The Morgan fingerprint density at radius 1 is 0.844 bits per heavy atom. The number of methoxy groups -OCH3 is 1. The Hall–Kier alpha value is -2.78. The minimum absolute atomic E-state index is 0.115. The average Bonchev–Trinajstić information content (AvgIpc) is 3.01. The minimum Gasteiger partial charge on any atom is -0.469 e. The van der Waals surface area contributed by atoms with E-state index in [1.807, 2.05) is 4.98 Å². The molecule has 2 aliphatic rings. The van der Waals surface area contributed by atoms with Crippen molar-refractivity contribution in [2.45, 2.75) is 106 Å². The first-order valence-electron chi connectivity index (χ1n) is 14.7. The van der Waals surface area contributed by atoms with Crippen LogP contribution in [0, 0.1) is 0 Å². The van der Waals surface area contributed by atoms with Crippen molar-refractivity contribution < 1.29 is 63.9 Å². The zero-order valence-corrected chi connectivity index (χ0v) is 24.8. The fourth-order valence-corrected chi connectivity index (χ4v) is 5.07. The molecule has 3 heterocycles. The van der Waals surface area contributed by atoms with Crippen LogP contribution in [0.15, 0.2) is 15.7 Å². The fourth-order valence-electron chi connectivity index (χ4n) is 5.07. The van der Waals surface area contributed by atoms with Crippen LogP contribution in [0.3, 0.4) is 0 Å². The zero-order valence-electron chi connectivity index (χ0n) is 24.8. The second kappa shape index (κ2) is 17.8. The van der Waals surface area contributed by atoms with Crippen molar-refractivity contribution in [2.24, 2.45) is 0 Å². The summed E-state index contributed by atoms with van der Waals surface area (Å²) >= 11 is 0. The number of nitrogens with one attached hydrogen (secondary N) is 3. The number of carbonyl (C=O) groups excluding carboxylic acids is 2. The molecule has 1 aromatic rings. The third-order valence-electron chi connectivity index (χ3n) is 7.58. The Morgan fingerprint density at radius 2 is 1.49 bits per heavy atom. The van der Waals surface area contributed by atoms with Gasteiger partial charge in [0, 0.05) is 19.1 Å². The molecule has 256 valence electrons. The third-order valence-corrected chi connectivity index (χ3v) is 7.58. The van der Waals surface area contributed by atoms with Crippen molar-refractivity contribution in [3.8, 4) is 0 Å². The quantitative estimate of drug-likeness (QED) is 0.0617. The maximum absolute atomic E-state index is 13.0. The highest BCUT2D eigenvalue weighted by Gasteiger charge is 2.51. The summed E-state index contributed by atoms with van der Waals surface area (Å²) in [4.78, 5) is 51.7. The molecule has 2 saturated heterocycles. The van der Waals surface area contributed by atoms with E-state index in [9.17, 15) is 49.8 Å². The summed E-state index contributed by atoms with van der Waals surface area (Å²) in [5.41, 5.74) is -2.24. The highest BCUT2D eigenvalue weighted by Crippen LogP contribution is 2.30. The molecule has 1 amide bonds. The van der Waals surface area contributed by atoms with Gasteiger partial charge in [0.1, 0.15) is 54.5 Å². The van der Waals surface area contributed by atoms with Crippen LogP contribution in [0.25, 0.3) is 0 Å². The topological polar surface area (TPSA) is 279 Å². The number of esters is 1. The Labute approximate surface area is 257 Å². The fraction of sp³-hybridized carbons (Fsp3) is 0.778. The first-order chi connectivity index (χ1) is 21.5. The lowest BCUT2D eigenvalue weighted by molar-refractivity contribution is -0.348. The van der Waals surface area contributed by atoms with Crippen LogP contribution in [0.1, 0.15) is 55.4 Å². The van der Waals surface area contributed by atoms with Crippen LogP contribution in [-0.2, 0) is 28.5 Å². The van der Waals surface area contributed by atoms with E-state index in [2.05, 4.69) is 15.0 Å². The summed E-state index contributed by atoms with van der Waals surface area (Å²) in [5.74, 6) is -1.24. The first-order valence-corrected chi connectivity index (χ1v) is 14.7.